The van der Waals surface area contributed by atoms with Crippen molar-refractivity contribution in [3.63, 3.8) is 0 Å². The largest absolute Gasteiger partial charge is 0.358 e. The molecule has 9 nitrogen and oxygen atoms in total. The molecule has 0 bridgehead atoms. The number of nitrogens with one attached hydrogen (secondary N) is 3. The van der Waals surface area contributed by atoms with Crippen LogP contribution >= 0.6 is 23.2 Å². The van der Waals surface area contributed by atoms with Gasteiger partial charge in [-0.25, -0.2) is 21.6 Å². The molecule has 30 heavy (non-hydrogen) atoms. The van der Waals surface area contributed by atoms with E-state index < -0.39 is 20.0 Å². The number of hydrogen-bond donors (Lipinski definition) is 4. The number of halogens is 2. The first-order valence-corrected chi connectivity index (χ1v) is 12.0. The van der Waals surface area contributed by atoms with Crippen LogP contribution in [-0.4, -0.2) is 34.9 Å². The van der Waals surface area contributed by atoms with E-state index in [1.54, 1.807) is 6.07 Å². The summed E-state index contributed by atoms with van der Waals surface area (Å²) >= 11 is 12.2. The van der Waals surface area contributed by atoms with Gasteiger partial charge in [-0.2, -0.15) is 5.26 Å². The molecule has 3 rings (SSSR count). The predicted molar refractivity (Wildman–Crippen MR) is 115 cm³/mol. The summed E-state index contributed by atoms with van der Waals surface area (Å²) in [6.07, 6.45) is 1.47. The zero-order valence-electron chi connectivity index (χ0n) is 15.1. The third kappa shape index (κ3) is 4.24. The number of nitrogens with two attached hydrogens (primary N) is 1. The van der Waals surface area contributed by atoms with Gasteiger partial charge in [0.15, 0.2) is 0 Å². The fourth-order valence-electron chi connectivity index (χ4n) is 2.73. The van der Waals surface area contributed by atoms with Crippen molar-refractivity contribution in [2.45, 2.75) is 9.79 Å². The third-order valence-corrected chi connectivity index (χ3v) is 7.58. The highest BCUT2D eigenvalue weighted by atomic mass is 35.5. The number of H-pyrrole nitrogens is 1. The maximum Gasteiger partial charge on any atom is 0.262 e. The van der Waals surface area contributed by atoms with Crippen molar-refractivity contribution in [1.29, 1.82) is 5.26 Å². The summed E-state index contributed by atoms with van der Waals surface area (Å²) in [6, 6.07) is 7.78. The standard InChI is InChI=1S/C17H15Cl2N5O4S2/c18-12-2-3-14(17-16(12)13(19)9-22-17)24-29(25,26)11-1-4-15(10(7-11)8-21)30(27,28)23-6-5-20/h1-4,7,9,22-24H,5-6,20H2. The second-order valence-corrected chi connectivity index (χ2v) is 10.3. The molecular weight excluding hydrogens is 473 g/mol. The minimum absolute atomic E-state index is 0.0277. The molecule has 0 aliphatic heterocycles. The lowest BCUT2D eigenvalue weighted by molar-refractivity contribution is 0.581. The van der Waals surface area contributed by atoms with Crippen molar-refractivity contribution >= 4 is 59.8 Å². The van der Waals surface area contributed by atoms with E-state index in [0.29, 0.717) is 20.9 Å². The van der Waals surface area contributed by atoms with Gasteiger partial charge in [0.05, 0.1) is 36.6 Å². The van der Waals surface area contributed by atoms with E-state index in [1.165, 1.54) is 18.3 Å². The summed E-state index contributed by atoms with van der Waals surface area (Å²) in [5, 5.41) is 10.5. The number of anilines is 1. The lowest BCUT2D eigenvalue weighted by Gasteiger charge is -2.12. The SMILES string of the molecule is N#Cc1cc(S(=O)(=O)Nc2ccc(Cl)c3c(Cl)c[nH]c23)ccc1S(=O)(=O)NCCN. The second-order valence-electron chi connectivity index (χ2n) is 6.04. The van der Waals surface area contributed by atoms with Gasteiger partial charge < -0.3 is 10.7 Å². The average molecular weight is 488 g/mol. The van der Waals surface area contributed by atoms with Crippen LogP contribution in [0.25, 0.3) is 10.9 Å². The van der Waals surface area contributed by atoms with Crippen LogP contribution in [0.4, 0.5) is 5.69 Å². The quantitative estimate of drug-likeness (QED) is 0.400. The molecule has 0 unspecified atom stereocenters. The Hall–Kier alpha value is -2.33. The highest BCUT2D eigenvalue weighted by Crippen LogP contribution is 2.35. The summed E-state index contributed by atoms with van der Waals surface area (Å²) in [5.41, 5.74) is 5.52. The van der Waals surface area contributed by atoms with Gasteiger partial charge in [-0.05, 0) is 30.3 Å². The number of aromatic nitrogens is 1. The lowest BCUT2D eigenvalue weighted by Crippen LogP contribution is -2.29. The number of hydrogen-bond acceptors (Lipinski definition) is 6. The zero-order valence-corrected chi connectivity index (χ0v) is 18.3. The summed E-state index contributed by atoms with van der Waals surface area (Å²) < 4.78 is 54.9. The Morgan fingerprint density at radius 1 is 1.07 bits per heavy atom. The van der Waals surface area contributed by atoms with Crippen LogP contribution in [-0.2, 0) is 20.0 Å². The van der Waals surface area contributed by atoms with Gasteiger partial charge in [-0.1, -0.05) is 23.2 Å². The Labute approximate surface area is 182 Å². The molecule has 1 heterocycles. The number of fused-ring (bicyclic) bond motifs is 1. The lowest BCUT2D eigenvalue weighted by atomic mass is 10.2. The number of benzene rings is 2. The molecule has 0 aliphatic rings. The number of rotatable bonds is 7. The second kappa shape index (κ2) is 8.43. The Balaban J connectivity index is 2.02. The van der Waals surface area contributed by atoms with E-state index in [-0.39, 0.29) is 34.1 Å². The van der Waals surface area contributed by atoms with Gasteiger partial charge in [-0.15, -0.1) is 0 Å². The molecule has 0 saturated heterocycles. The van der Waals surface area contributed by atoms with Gasteiger partial charge in [0, 0.05) is 24.7 Å². The number of aromatic amines is 1. The summed E-state index contributed by atoms with van der Waals surface area (Å²) in [4.78, 5) is 2.21. The van der Waals surface area contributed by atoms with Crippen molar-refractivity contribution in [1.82, 2.24) is 9.71 Å². The van der Waals surface area contributed by atoms with E-state index >= 15 is 0 Å². The van der Waals surface area contributed by atoms with Gasteiger partial charge in [0.25, 0.3) is 10.0 Å². The molecule has 158 valence electrons. The summed E-state index contributed by atoms with van der Waals surface area (Å²) in [5.74, 6) is 0. The minimum Gasteiger partial charge on any atom is -0.358 e. The average Bonchev–Trinajstić information content (AvgIpc) is 3.10. The molecule has 2 aromatic carbocycles. The molecule has 5 N–H and O–H groups in total. The Morgan fingerprint density at radius 3 is 2.47 bits per heavy atom. The maximum absolute atomic E-state index is 12.9. The van der Waals surface area contributed by atoms with Crippen LogP contribution in [0.15, 0.2) is 46.3 Å². The molecule has 0 radical (unpaired) electrons. The van der Waals surface area contributed by atoms with E-state index in [2.05, 4.69) is 14.4 Å². The van der Waals surface area contributed by atoms with Crippen LogP contribution in [0.3, 0.4) is 0 Å². The van der Waals surface area contributed by atoms with Crippen molar-refractivity contribution < 1.29 is 16.8 Å². The Morgan fingerprint density at radius 2 is 1.80 bits per heavy atom. The highest BCUT2D eigenvalue weighted by Gasteiger charge is 2.23. The number of nitrogens with zero attached hydrogens (tertiary/aromatic N) is 1. The first-order chi connectivity index (χ1) is 14.1. The van der Waals surface area contributed by atoms with Crippen LogP contribution < -0.4 is 15.2 Å². The van der Waals surface area contributed by atoms with Gasteiger partial charge in [0.2, 0.25) is 10.0 Å². The third-order valence-electron chi connectivity index (χ3n) is 4.09. The molecule has 13 heteroatoms. The fraction of sp³-hybridized carbons (Fsp3) is 0.118. The van der Waals surface area contributed by atoms with Crippen molar-refractivity contribution in [3.8, 4) is 6.07 Å². The van der Waals surface area contributed by atoms with Crippen LogP contribution in [0.1, 0.15) is 5.56 Å². The molecule has 0 atom stereocenters. The first-order valence-electron chi connectivity index (χ1n) is 8.32. The van der Waals surface area contributed by atoms with Gasteiger partial charge in [0.1, 0.15) is 6.07 Å². The number of sulfonamides is 2. The molecule has 0 spiro atoms. The maximum atomic E-state index is 12.9. The fourth-order valence-corrected chi connectivity index (χ4v) is 5.57. The van der Waals surface area contributed by atoms with Crippen molar-refractivity contribution in [2.75, 3.05) is 17.8 Å². The normalized spacial score (nSPS) is 12.1. The highest BCUT2D eigenvalue weighted by molar-refractivity contribution is 7.92. The minimum atomic E-state index is -4.16. The van der Waals surface area contributed by atoms with Crippen LogP contribution in [0.2, 0.25) is 10.0 Å². The van der Waals surface area contributed by atoms with E-state index in [0.717, 1.165) is 18.2 Å². The molecule has 0 amide bonds. The molecule has 0 fully saturated rings. The molecule has 3 aromatic rings. The zero-order chi connectivity index (χ0) is 22.1. The topological polar surface area (TPSA) is 158 Å². The smallest absolute Gasteiger partial charge is 0.262 e. The molecule has 0 aliphatic carbocycles. The molecule has 0 saturated carbocycles. The van der Waals surface area contributed by atoms with E-state index in [4.69, 9.17) is 28.9 Å². The monoisotopic (exact) mass is 487 g/mol. The molecular formula is C17H15Cl2N5O4S2. The Bertz CT molecular complexity index is 1380. The van der Waals surface area contributed by atoms with Crippen LogP contribution in [0.5, 0.6) is 0 Å². The number of nitriles is 1. The summed E-state index contributed by atoms with van der Waals surface area (Å²) in [7, 11) is -8.18. The van der Waals surface area contributed by atoms with E-state index in [1.807, 2.05) is 0 Å². The van der Waals surface area contributed by atoms with Crippen molar-refractivity contribution in [2.24, 2.45) is 5.73 Å². The van der Waals surface area contributed by atoms with E-state index in [9.17, 15) is 22.1 Å². The van der Waals surface area contributed by atoms with Crippen molar-refractivity contribution in [3.05, 3.63) is 52.1 Å². The van der Waals surface area contributed by atoms with Gasteiger partial charge >= 0.3 is 0 Å². The van der Waals surface area contributed by atoms with Gasteiger partial charge in [-0.3, -0.25) is 4.72 Å². The Kier molecular flexibility index (Phi) is 6.28. The predicted octanol–water partition coefficient (Wildman–Crippen LogP) is 2.38. The first kappa shape index (κ1) is 22.4. The summed E-state index contributed by atoms with van der Waals surface area (Å²) in [6.45, 7) is 0.0376. The molecule has 1 aromatic heterocycles. The van der Waals surface area contributed by atoms with Crippen LogP contribution in [0, 0.1) is 11.3 Å².